The highest BCUT2D eigenvalue weighted by Crippen LogP contribution is 2.32. The minimum absolute atomic E-state index is 0.252. The van der Waals surface area contributed by atoms with Gasteiger partial charge in [-0.3, -0.25) is 9.78 Å². The van der Waals surface area contributed by atoms with Crippen molar-refractivity contribution in [3.05, 3.63) is 107 Å². The minimum atomic E-state index is -4.43. The van der Waals surface area contributed by atoms with Crippen molar-refractivity contribution in [3.8, 4) is 5.75 Å². The van der Waals surface area contributed by atoms with E-state index in [1.165, 1.54) is 36.7 Å². The summed E-state index contributed by atoms with van der Waals surface area (Å²) in [5.41, 5.74) is 2.08. The van der Waals surface area contributed by atoms with Crippen molar-refractivity contribution >= 4 is 17.2 Å². The molecule has 0 fully saturated rings. The van der Waals surface area contributed by atoms with Gasteiger partial charge in [-0.1, -0.05) is 36.4 Å². The Morgan fingerprint density at radius 3 is 2.29 bits per heavy atom. The standard InChI is InChI=1S/C26H23F3N2O3/c1-2-34-22-12-8-19(9-13-22)23(18-6-10-21(11-7-18)26(27,28)29)4-3-5-25(33)31-24-16-30-15-14-20(24)17-32/h3-16,32H,2,17H2,1H3,(H,31,33). The molecule has 8 heteroatoms. The second-order valence-corrected chi connectivity index (χ2v) is 7.15. The fourth-order valence-corrected chi connectivity index (χ4v) is 3.18. The van der Waals surface area contributed by atoms with Crippen LogP contribution in [-0.2, 0) is 17.6 Å². The van der Waals surface area contributed by atoms with Crippen molar-refractivity contribution in [1.82, 2.24) is 4.98 Å². The van der Waals surface area contributed by atoms with Gasteiger partial charge >= 0.3 is 6.18 Å². The van der Waals surface area contributed by atoms with Crippen molar-refractivity contribution in [1.29, 1.82) is 0 Å². The summed E-state index contributed by atoms with van der Waals surface area (Å²) in [5, 5.41) is 12.0. The van der Waals surface area contributed by atoms with Gasteiger partial charge in [0.1, 0.15) is 5.75 Å². The number of hydrogen-bond donors (Lipinski definition) is 2. The average Bonchev–Trinajstić information content (AvgIpc) is 2.83. The normalized spacial score (nSPS) is 12.1. The van der Waals surface area contributed by atoms with Crippen LogP contribution in [0.2, 0.25) is 0 Å². The second kappa shape index (κ2) is 11.3. The first-order chi connectivity index (χ1) is 16.3. The third-order valence-corrected chi connectivity index (χ3v) is 4.85. The molecule has 5 nitrogen and oxygen atoms in total. The summed E-state index contributed by atoms with van der Waals surface area (Å²) < 4.78 is 44.4. The molecule has 0 aliphatic rings. The first kappa shape index (κ1) is 24.7. The van der Waals surface area contributed by atoms with Gasteiger partial charge in [0, 0.05) is 17.8 Å². The third-order valence-electron chi connectivity index (χ3n) is 4.85. The van der Waals surface area contributed by atoms with Crippen LogP contribution >= 0.6 is 0 Å². The Hall–Kier alpha value is -3.91. The van der Waals surface area contributed by atoms with Crippen molar-refractivity contribution in [2.24, 2.45) is 0 Å². The van der Waals surface area contributed by atoms with Gasteiger partial charge < -0.3 is 15.2 Å². The highest BCUT2D eigenvalue weighted by Gasteiger charge is 2.30. The van der Waals surface area contributed by atoms with E-state index in [0.717, 1.165) is 17.7 Å². The highest BCUT2D eigenvalue weighted by atomic mass is 19.4. The van der Waals surface area contributed by atoms with Crippen molar-refractivity contribution in [2.75, 3.05) is 11.9 Å². The molecular formula is C26H23F3N2O3. The topological polar surface area (TPSA) is 71.5 Å². The maximum atomic E-state index is 13.0. The molecule has 0 unspecified atom stereocenters. The van der Waals surface area contributed by atoms with Crippen LogP contribution in [0.1, 0.15) is 29.2 Å². The SMILES string of the molecule is CCOc1ccc(C(=CC=CC(=O)Nc2cnccc2CO)c2ccc(C(F)(F)F)cc2)cc1. The fourth-order valence-electron chi connectivity index (χ4n) is 3.18. The van der Waals surface area contributed by atoms with Crippen LogP contribution in [0.25, 0.3) is 5.57 Å². The number of ether oxygens (including phenoxy) is 1. The fraction of sp³-hybridized carbons (Fsp3) is 0.154. The molecule has 0 spiro atoms. The number of nitrogens with zero attached hydrogens (tertiary/aromatic N) is 1. The van der Waals surface area contributed by atoms with Crippen LogP contribution in [0.3, 0.4) is 0 Å². The van der Waals surface area contributed by atoms with E-state index in [1.807, 2.05) is 6.92 Å². The number of hydrogen-bond acceptors (Lipinski definition) is 4. The number of amides is 1. The van der Waals surface area contributed by atoms with Crippen molar-refractivity contribution < 1.29 is 27.8 Å². The van der Waals surface area contributed by atoms with E-state index in [9.17, 15) is 23.1 Å². The van der Waals surface area contributed by atoms with E-state index in [4.69, 9.17) is 4.74 Å². The molecular weight excluding hydrogens is 445 g/mol. The Morgan fingerprint density at radius 1 is 1.06 bits per heavy atom. The zero-order chi connectivity index (χ0) is 24.6. The van der Waals surface area contributed by atoms with Gasteiger partial charge in [0.15, 0.2) is 0 Å². The highest BCUT2D eigenvalue weighted by molar-refractivity contribution is 6.00. The molecule has 2 aromatic carbocycles. The van der Waals surface area contributed by atoms with Gasteiger partial charge in [0.25, 0.3) is 0 Å². The van der Waals surface area contributed by atoms with Crippen molar-refractivity contribution in [3.63, 3.8) is 0 Å². The number of anilines is 1. The number of carbonyl (C=O) groups is 1. The Kier molecular flexibility index (Phi) is 8.21. The van der Waals surface area contributed by atoms with Crippen LogP contribution in [0, 0.1) is 0 Å². The van der Waals surface area contributed by atoms with E-state index in [-0.39, 0.29) is 6.61 Å². The quantitative estimate of drug-likeness (QED) is 0.333. The van der Waals surface area contributed by atoms with E-state index < -0.39 is 17.6 Å². The molecule has 0 bridgehead atoms. The van der Waals surface area contributed by atoms with Crippen LogP contribution < -0.4 is 10.1 Å². The summed E-state index contributed by atoms with van der Waals surface area (Å²) >= 11 is 0. The molecule has 0 saturated carbocycles. The van der Waals surface area contributed by atoms with E-state index in [0.29, 0.717) is 34.7 Å². The summed E-state index contributed by atoms with van der Waals surface area (Å²) in [6.45, 7) is 2.12. The number of alkyl halides is 3. The van der Waals surface area contributed by atoms with Gasteiger partial charge in [0.05, 0.1) is 30.7 Å². The summed E-state index contributed by atoms with van der Waals surface area (Å²) in [6, 6.07) is 13.5. The Balaban J connectivity index is 1.88. The number of aliphatic hydroxyl groups is 1. The number of allylic oxidation sites excluding steroid dienone is 2. The zero-order valence-corrected chi connectivity index (χ0v) is 18.3. The number of halogens is 3. The van der Waals surface area contributed by atoms with Gasteiger partial charge in [-0.05, 0) is 54.0 Å². The summed E-state index contributed by atoms with van der Waals surface area (Å²) in [6.07, 6.45) is 2.95. The smallest absolute Gasteiger partial charge is 0.416 e. The van der Waals surface area contributed by atoms with Gasteiger partial charge in [-0.2, -0.15) is 13.2 Å². The van der Waals surface area contributed by atoms with Crippen LogP contribution in [0.4, 0.5) is 18.9 Å². The molecule has 2 N–H and O–H groups in total. The first-order valence-corrected chi connectivity index (χ1v) is 10.5. The Bertz CT molecular complexity index is 1170. The maximum Gasteiger partial charge on any atom is 0.416 e. The predicted octanol–water partition coefficient (Wildman–Crippen LogP) is 5.62. The molecule has 34 heavy (non-hydrogen) atoms. The van der Waals surface area contributed by atoms with E-state index >= 15 is 0 Å². The largest absolute Gasteiger partial charge is 0.494 e. The average molecular weight is 468 g/mol. The zero-order valence-electron chi connectivity index (χ0n) is 18.3. The first-order valence-electron chi connectivity index (χ1n) is 10.5. The van der Waals surface area contributed by atoms with Crippen molar-refractivity contribution in [2.45, 2.75) is 19.7 Å². The number of benzene rings is 2. The number of carbonyl (C=O) groups excluding carboxylic acids is 1. The molecule has 1 aromatic heterocycles. The Labute approximate surface area is 195 Å². The van der Waals surface area contributed by atoms with Gasteiger partial charge in [-0.15, -0.1) is 0 Å². The lowest BCUT2D eigenvalue weighted by Crippen LogP contribution is -2.10. The van der Waals surface area contributed by atoms with Gasteiger partial charge in [-0.25, -0.2) is 0 Å². The lowest BCUT2D eigenvalue weighted by Gasteiger charge is -2.12. The van der Waals surface area contributed by atoms with Crippen LogP contribution in [0.5, 0.6) is 5.75 Å². The van der Waals surface area contributed by atoms with Crippen LogP contribution in [0.15, 0.2) is 85.2 Å². The molecule has 1 amide bonds. The molecule has 0 aliphatic heterocycles. The molecule has 3 rings (SSSR count). The number of aromatic nitrogens is 1. The third kappa shape index (κ3) is 6.55. The molecule has 0 aliphatic carbocycles. The molecule has 176 valence electrons. The lowest BCUT2D eigenvalue weighted by atomic mass is 9.96. The Morgan fingerprint density at radius 2 is 1.71 bits per heavy atom. The minimum Gasteiger partial charge on any atom is -0.494 e. The lowest BCUT2D eigenvalue weighted by molar-refractivity contribution is -0.137. The van der Waals surface area contributed by atoms with Crippen LogP contribution in [-0.4, -0.2) is 22.6 Å². The van der Waals surface area contributed by atoms with E-state index in [2.05, 4.69) is 10.3 Å². The van der Waals surface area contributed by atoms with Gasteiger partial charge in [0.2, 0.25) is 5.91 Å². The number of aliphatic hydroxyl groups excluding tert-OH is 1. The second-order valence-electron chi connectivity index (χ2n) is 7.15. The molecule has 1 heterocycles. The molecule has 0 radical (unpaired) electrons. The molecule has 0 atom stereocenters. The van der Waals surface area contributed by atoms with E-state index in [1.54, 1.807) is 36.4 Å². The summed E-state index contributed by atoms with van der Waals surface area (Å²) in [7, 11) is 0. The summed E-state index contributed by atoms with van der Waals surface area (Å²) in [4.78, 5) is 16.3. The number of rotatable bonds is 8. The molecule has 3 aromatic rings. The maximum absolute atomic E-state index is 13.0. The number of nitrogens with one attached hydrogen (secondary N) is 1. The predicted molar refractivity (Wildman–Crippen MR) is 124 cm³/mol. The molecule has 0 saturated heterocycles. The monoisotopic (exact) mass is 468 g/mol. The summed E-state index contributed by atoms with van der Waals surface area (Å²) in [5.74, 6) is 0.224. The number of pyridine rings is 1.